The third kappa shape index (κ3) is 2.87. The van der Waals surface area contributed by atoms with Gasteiger partial charge in [-0.1, -0.05) is 13.8 Å². The van der Waals surface area contributed by atoms with Crippen molar-refractivity contribution in [2.24, 2.45) is 5.92 Å². The molecule has 1 fully saturated rings. The number of carboxylic acid groups (broad SMARTS) is 1. The molecule has 0 saturated carbocycles. The number of hydrogen-bond donors (Lipinski definition) is 1. The molecule has 0 unspecified atom stereocenters. The molecule has 86 valence electrons. The number of nitrogens with zero attached hydrogens (tertiary/aromatic N) is 1. The summed E-state index contributed by atoms with van der Waals surface area (Å²) in [5, 5.41) is 9.01. The molecule has 1 heterocycles. The van der Waals surface area contributed by atoms with Crippen molar-refractivity contribution in [3.8, 4) is 0 Å². The molecular weight excluding hydrogens is 214 g/mol. The van der Waals surface area contributed by atoms with Crippen LogP contribution in [-0.4, -0.2) is 39.1 Å². The van der Waals surface area contributed by atoms with E-state index in [0.717, 1.165) is 6.42 Å². The summed E-state index contributed by atoms with van der Waals surface area (Å²) in [5.74, 6) is -0.0642. The second-order valence-electron chi connectivity index (χ2n) is 4.20. The second kappa shape index (κ2) is 4.88. The summed E-state index contributed by atoms with van der Waals surface area (Å²) < 4.78 is 0. The van der Waals surface area contributed by atoms with Crippen LogP contribution in [0.2, 0.25) is 0 Å². The molecule has 0 aromatic heterocycles. The normalized spacial score (nSPS) is 26.0. The van der Waals surface area contributed by atoms with Crippen molar-refractivity contribution in [1.29, 1.82) is 0 Å². The predicted molar refractivity (Wildman–Crippen MR) is 59.6 cm³/mol. The zero-order valence-corrected chi connectivity index (χ0v) is 10.1. The first-order valence-electron chi connectivity index (χ1n) is 5.06. The van der Waals surface area contributed by atoms with Crippen LogP contribution in [-0.2, 0) is 9.59 Å². The fourth-order valence-electron chi connectivity index (χ4n) is 1.76. The van der Waals surface area contributed by atoms with Gasteiger partial charge in [-0.25, -0.2) is 4.79 Å². The molecule has 1 amide bonds. The lowest BCUT2D eigenvalue weighted by atomic mass is 10.1. The topological polar surface area (TPSA) is 57.6 Å². The summed E-state index contributed by atoms with van der Waals surface area (Å²) in [6, 6.07) is -0.642. The van der Waals surface area contributed by atoms with Gasteiger partial charge in [-0.05, 0) is 12.3 Å². The first-order valence-corrected chi connectivity index (χ1v) is 6.11. The van der Waals surface area contributed by atoms with Crippen LogP contribution < -0.4 is 0 Å². The van der Waals surface area contributed by atoms with E-state index in [1.54, 1.807) is 11.8 Å². The molecule has 1 saturated heterocycles. The monoisotopic (exact) mass is 231 g/mol. The summed E-state index contributed by atoms with van der Waals surface area (Å²) in [5.41, 5.74) is 0. The largest absolute Gasteiger partial charge is 0.480 e. The number of thioether (sulfide) groups is 1. The Bertz CT molecular complexity index is 267. The van der Waals surface area contributed by atoms with Gasteiger partial charge in [0.1, 0.15) is 6.04 Å². The molecule has 1 N–H and O–H groups in total. The molecule has 15 heavy (non-hydrogen) atoms. The predicted octanol–water partition coefficient (Wildman–Crippen LogP) is 1.41. The van der Waals surface area contributed by atoms with E-state index in [1.807, 2.05) is 0 Å². The minimum atomic E-state index is -0.899. The fourth-order valence-corrected chi connectivity index (χ4v) is 3.45. The molecule has 0 radical (unpaired) electrons. The highest BCUT2D eigenvalue weighted by Crippen LogP contribution is 2.33. The van der Waals surface area contributed by atoms with Crippen molar-refractivity contribution in [1.82, 2.24) is 4.90 Å². The second-order valence-corrected chi connectivity index (χ2v) is 5.41. The minimum absolute atomic E-state index is 0.0311. The average Bonchev–Trinajstić information content (AvgIpc) is 2.46. The maximum atomic E-state index is 11.4. The Morgan fingerprint density at radius 2 is 2.13 bits per heavy atom. The van der Waals surface area contributed by atoms with Gasteiger partial charge in [0.05, 0.1) is 5.37 Å². The highest BCUT2D eigenvalue weighted by Gasteiger charge is 2.40. The third-order valence-electron chi connectivity index (χ3n) is 2.41. The van der Waals surface area contributed by atoms with E-state index in [1.165, 1.54) is 11.8 Å². The molecule has 0 aromatic rings. The van der Waals surface area contributed by atoms with Crippen LogP contribution >= 0.6 is 11.8 Å². The number of carbonyl (C=O) groups is 2. The van der Waals surface area contributed by atoms with Crippen LogP contribution in [0.1, 0.15) is 27.2 Å². The molecule has 5 heteroatoms. The average molecular weight is 231 g/mol. The smallest absolute Gasteiger partial charge is 0.327 e. The SMILES string of the molecule is CC(=O)N1[C@@H](CC(C)C)SC[C@H]1C(=O)O. The lowest BCUT2D eigenvalue weighted by molar-refractivity contribution is -0.148. The van der Waals surface area contributed by atoms with Crippen molar-refractivity contribution >= 4 is 23.6 Å². The zero-order chi connectivity index (χ0) is 11.6. The van der Waals surface area contributed by atoms with Crippen molar-refractivity contribution in [2.75, 3.05) is 5.75 Å². The van der Waals surface area contributed by atoms with E-state index >= 15 is 0 Å². The summed E-state index contributed by atoms with van der Waals surface area (Å²) in [7, 11) is 0. The number of carbonyl (C=O) groups excluding carboxylic acids is 1. The van der Waals surface area contributed by atoms with Crippen molar-refractivity contribution in [2.45, 2.75) is 38.6 Å². The Balaban J connectivity index is 2.75. The molecule has 0 spiro atoms. The Labute approximate surface area is 94.0 Å². The van der Waals surface area contributed by atoms with Gasteiger partial charge in [0.25, 0.3) is 0 Å². The van der Waals surface area contributed by atoms with Gasteiger partial charge in [0.15, 0.2) is 0 Å². The zero-order valence-electron chi connectivity index (χ0n) is 9.27. The van der Waals surface area contributed by atoms with Crippen LogP contribution in [0.25, 0.3) is 0 Å². The van der Waals surface area contributed by atoms with E-state index in [4.69, 9.17) is 5.11 Å². The lowest BCUT2D eigenvalue weighted by Crippen LogP contribution is -2.44. The molecular formula is C10H17NO3S. The standard InChI is InChI=1S/C10H17NO3S/c1-6(2)4-9-11(7(3)12)8(5-15-9)10(13)14/h6,8-9H,4-5H2,1-3H3,(H,13,14)/t8-,9+/m0/s1. The molecule has 0 bridgehead atoms. The van der Waals surface area contributed by atoms with Crippen LogP contribution in [0.5, 0.6) is 0 Å². The van der Waals surface area contributed by atoms with Gasteiger partial charge in [-0.15, -0.1) is 11.8 Å². The van der Waals surface area contributed by atoms with E-state index in [2.05, 4.69) is 13.8 Å². The lowest BCUT2D eigenvalue weighted by Gasteiger charge is -2.27. The number of rotatable bonds is 3. The molecule has 0 aromatic carbocycles. The maximum Gasteiger partial charge on any atom is 0.327 e. The van der Waals surface area contributed by atoms with Gasteiger partial charge in [-0.2, -0.15) is 0 Å². The van der Waals surface area contributed by atoms with Crippen molar-refractivity contribution in [3.05, 3.63) is 0 Å². The first-order chi connectivity index (χ1) is 6.93. The highest BCUT2D eigenvalue weighted by atomic mass is 32.2. The van der Waals surface area contributed by atoms with E-state index in [9.17, 15) is 9.59 Å². The van der Waals surface area contributed by atoms with Crippen LogP contribution in [0.3, 0.4) is 0 Å². The van der Waals surface area contributed by atoms with Crippen LogP contribution in [0, 0.1) is 5.92 Å². The first kappa shape index (κ1) is 12.4. The summed E-state index contributed by atoms with van der Waals surface area (Å²) >= 11 is 1.57. The number of hydrogen-bond acceptors (Lipinski definition) is 3. The van der Waals surface area contributed by atoms with E-state index in [-0.39, 0.29) is 11.3 Å². The van der Waals surface area contributed by atoms with Gasteiger partial charge in [0, 0.05) is 12.7 Å². The minimum Gasteiger partial charge on any atom is -0.480 e. The fraction of sp³-hybridized carbons (Fsp3) is 0.800. The summed E-state index contributed by atoms with van der Waals surface area (Å²) in [6.07, 6.45) is 0.855. The molecule has 4 nitrogen and oxygen atoms in total. The van der Waals surface area contributed by atoms with Crippen LogP contribution in [0.4, 0.5) is 0 Å². The quantitative estimate of drug-likeness (QED) is 0.798. The van der Waals surface area contributed by atoms with Crippen LogP contribution in [0.15, 0.2) is 0 Å². The maximum absolute atomic E-state index is 11.4. The molecule has 1 aliphatic heterocycles. The summed E-state index contributed by atoms with van der Waals surface area (Å²) in [4.78, 5) is 23.8. The van der Waals surface area contributed by atoms with Gasteiger partial charge >= 0.3 is 5.97 Å². The number of carboxylic acids is 1. The highest BCUT2D eigenvalue weighted by molar-refractivity contribution is 8.00. The van der Waals surface area contributed by atoms with Crippen molar-refractivity contribution in [3.63, 3.8) is 0 Å². The van der Waals surface area contributed by atoms with Crippen molar-refractivity contribution < 1.29 is 14.7 Å². The summed E-state index contributed by atoms with van der Waals surface area (Å²) in [6.45, 7) is 5.59. The molecule has 2 atom stereocenters. The number of aliphatic carboxylic acids is 1. The van der Waals surface area contributed by atoms with E-state index in [0.29, 0.717) is 11.7 Å². The molecule has 1 rings (SSSR count). The molecule has 0 aliphatic carbocycles. The Hall–Kier alpha value is -0.710. The van der Waals surface area contributed by atoms with Gasteiger partial charge < -0.3 is 10.0 Å². The van der Waals surface area contributed by atoms with Gasteiger partial charge in [-0.3, -0.25) is 4.79 Å². The van der Waals surface area contributed by atoms with E-state index < -0.39 is 12.0 Å². The molecule has 1 aliphatic rings. The third-order valence-corrected chi connectivity index (χ3v) is 3.73. The Morgan fingerprint density at radius 3 is 2.53 bits per heavy atom. The Kier molecular flexibility index (Phi) is 4.02. The van der Waals surface area contributed by atoms with Gasteiger partial charge in [0.2, 0.25) is 5.91 Å². The number of amides is 1. The Morgan fingerprint density at radius 1 is 1.53 bits per heavy atom.